The van der Waals surface area contributed by atoms with E-state index >= 15 is 0 Å². The first-order valence-corrected chi connectivity index (χ1v) is 19.2. The van der Waals surface area contributed by atoms with E-state index in [-0.39, 0.29) is 121 Å². The number of ether oxygens (including phenoxy) is 5. The molecule has 14 nitrogen and oxygen atoms in total. The number of hydrogen-bond acceptors (Lipinski definition) is 14. The van der Waals surface area contributed by atoms with Crippen LogP contribution >= 0.6 is 0 Å². The predicted octanol–water partition coefficient (Wildman–Crippen LogP) is 1.08. The summed E-state index contributed by atoms with van der Waals surface area (Å²) >= 11 is 0. The molecule has 53 heavy (non-hydrogen) atoms. The smallest absolute Gasteiger partial charge is 0.855 e. The van der Waals surface area contributed by atoms with Gasteiger partial charge in [0.2, 0.25) is 0 Å². The van der Waals surface area contributed by atoms with Gasteiger partial charge in [-0.3, -0.25) is 28.8 Å². The topological polar surface area (TPSA) is 212 Å². The Morgan fingerprint density at radius 1 is 0.528 bits per heavy atom. The second kappa shape index (κ2) is 35.6. The summed E-state index contributed by atoms with van der Waals surface area (Å²) in [6.45, 7) is 14.0. The average Bonchev–Trinajstić information content (AvgIpc) is 3.43. The summed E-state index contributed by atoms with van der Waals surface area (Å²) in [4.78, 5) is 68.7. The van der Waals surface area contributed by atoms with Crippen molar-refractivity contribution >= 4 is 35.8 Å². The fourth-order valence-electron chi connectivity index (χ4n) is 6.33. The Bertz CT molecular complexity index is 877. The second-order valence-corrected chi connectivity index (χ2v) is 12.2. The molecule has 4 aliphatic rings. The zero-order valence-corrected chi connectivity index (χ0v) is 35.7. The third-order valence-corrected chi connectivity index (χ3v) is 8.46. The van der Waals surface area contributed by atoms with Gasteiger partial charge >= 0.3 is 65.4 Å². The van der Waals surface area contributed by atoms with E-state index in [1.165, 1.54) is 0 Å². The Morgan fingerprint density at radius 3 is 0.906 bits per heavy atom. The molecule has 3 aliphatic carbocycles. The van der Waals surface area contributed by atoms with Crippen LogP contribution in [0.2, 0.25) is 0 Å². The minimum atomic E-state index is -0.298. The first-order chi connectivity index (χ1) is 24.9. The summed E-state index contributed by atoms with van der Waals surface area (Å²) in [5.74, 6) is -2.98. The van der Waals surface area contributed by atoms with Crippen LogP contribution in [-0.4, -0.2) is 92.3 Å². The van der Waals surface area contributed by atoms with Gasteiger partial charge in [0.15, 0.2) is 0 Å². The molecule has 1 aliphatic heterocycles. The van der Waals surface area contributed by atoms with Gasteiger partial charge in [0, 0.05) is 13.2 Å². The molecule has 0 radical (unpaired) electrons. The molecule has 0 unspecified atom stereocenters. The van der Waals surface area contributed by atoms with Gasteiger partial charge in [0.1, 0.15) is 0 Å². The van der Waals surface area contributed by atoms with Crippen LogP contribution in [0.15, 0.2) is 0 Å². The number of fused-ring (bicyclic) bond motifs is 1. The zero-order valence-electron chi connectivity index (χ0n) is 33.7. The summed E-state index contributed by atoms with van der Waals surface area (Å²) in [7, 11) is 0. The van der Waals surface area contributed by atoms with Gasteiger partial charge < -0.3 is 39.0 Å². The van der Waals surface area contributed by atoms with E-state index in [0.29, 0.717) is 26.4 Å². The molecule has 1 heterocycles. The molecule has 3 saturated carbocycles. The van der Waals surface area contributed by atoms with E-state index in [2.05, 4.69) is 4.74 Å². The van der Waals surface area contributed by atoms with E-state index < -0.39 is 0 Å². The van der Waals surface area contributed by atoms with Crippen molar-refractivity contribution < 1.29 is 97.3 Å². The van der Waals surface area contributed by atoms with Gasteiger partial charge in [-0.1, -0.05) is 45.4 Å². The van der Waals surface area contributed by atoms with Crippen molar-refractivity contribution in [2.45, 2.75) is 126 Å². The van der Waals surface area contributed by atoms with Gasteiger partial charge in [0.25, 0.3) is 0 Å². The number of aliphatic hydroxyl groups excluding tert-OH is 2. The maximum Gasteiger partial charge on any atom is 1.00 e. The molecule has 0 spiro atoms. The maximum absolute atomic E-state index is 11.7. The maximum atomic E-state index is 11.7. The van der Waals surface area contributed by atoms with E-state index in [4.69, 9.17) is 34.3 Å². The van der Waals surface area contributed by atoms with E-state index in [1.54, 1.807) is 48.5 Å². The van der Waals surface area contributed by atoms with Crippen LogP contribution in [0.4, 0.5) is 0 Å². The molecule has 4 rings (SSSR count). The van der Waals surface area contributed by atoms with E-state index in [0.717, 1.165) is 77.0 Å². The monoisotopic (exact) mass is 770 g/mol. The van der Waals surface area contributed by atoms with Crippen LogP contribution in [0.1, 0.15) is 126 Å². The fraction of sp³-hybridized carbons (Fsp3) is 0.842. The fourth-order valence-corrected chi connectivity index (χ4v) is 6.33. The Hall–Kier alpha value is -2.10. The van der Waals surface area contributed by atoms with Gasteiger partial charge in [-0.25, -0.2) is 0 Å². The molecule has 15 heteroatoms. The third kappa shape index (κ3) is 22.8. The number of cyclic esters (lactones) is 2. The first-order valence-electron chi connectivity index (χ1n) is 19.2. The minimum absolute atomic E-state index is 0. The molecule has 4 fully saturated rings. The van der Waals surface area contributed by atoms with Crippen LogP contribution in [0.25, 0.3) is 0 Å². The summed E-state index contributed by atoms with van der Waals surface area (Å²) in [6.07, 6.45) is 10.7. The van der Waals surface area contributed by atoms with Crippen LogP contribution in [0.3, 0.4) is 0 Å². The second-order valence-electron chi connectivity index (χ2n) is 12.2. The van der Waals surface area contributed by atoms with Gasteiger partial charge in [-0.2, -0.15) is 0 Å². The molecular formula is C38H67NaO14. The summed E-state index contributed by atoms with van der Waals surface area (Å²) in [6, 6.07) is 0. The van der Waals surface area contributed by atoms with E-state index in [9.17, 15) is 28.8 Å². The molecule has 6 atom stereocenters. The van der Waals surface area contributed by atoms with Crippen molar-refractivity contribution in [1.82, 2.24) is 0 Å². The van der Waals surface area contributed by atoms with Crippen molar-refractivity contribution in [1.29, 1.82) is 0 Å². The number of rotatable bonds is 8. The number of hydrogen-bond donors (Lipinski definition) is 2. The van der Waals surface area contributed by atoms with E-state index in [1.807, 2.05) is 0 Å². The first kappa shape index (κ1) is 55.2. The van der Waals surface area contributed by atoms with Crippen molar-refractivity contribution in [3.05, 3.63) is 0 Å². The Morgan fingerprint density at radius 2 is 0.717 bits per heavy atom. The summed E-state index contributed by atoms with van der Waals surface area (Å²) < 4.78 is 24.5. The van der Waals surface area contributed by atoms with Gasteiger partial charge in [-0.05, 0) is 80.1 Å². The van der Waals surface area contributed by atoms with Crippen molar-refractivity contribution in [2.75, 3.05) is 46.2 Å². The Balaban J connectivity index is -0.000000635. The van der Waals surface area contributed by atoms with Crippen molar-refractivity contribution in [3.63, 3.8) is 0 Å². The number of carbonyl (C=O) groups excluding carboxylic acids is 6. The average molecular weight is 771 g/mol. The molecule has 1 saturated heterocycles. The molecule has 2 N–H and O–H groups in total. The number of esters is 6. The molecule has 0 amide bonds. The van der Waals surface area contributed by atoms with Crippen LogP contribution < -0.4 is 34.7 Å². The minimum Gasteiger partial charge on any atom is -0.855 e. The summed E-state index contributed by atoms with van der Waals surface area (Å²) in [5, 5.41) is 24.1. The molecule has 304 valence electrons. The molecule has 0 aromatic heterocycles. The standard InChI is InChI=1S/2C12H20O4.C8H10O3.2C2H6O.C2H5O.Na/c2*1-3-15-11(13)9-7-5-6-8-10(9)12(14)16-4-2;9-7-5-3-1-2-4-6(5)8(10)11-7;3*1-2-3;/h2*9-10H,3-8H2,1-2H3;5-6H,1-4H2;2*3H,2H2,1H3;2H2,1H3;/q;;;;;-1;+1/t9-,10+;9-,10-;5-,6+;;;;/m.0...../s1. The zero-order chi connectivity index (χ0) is 39.9. The SMILES string of the molecule is CCO.CCO.CCOC(=O)[C@H]1CCCC[C@@H]1C(=O)OCC.CCOC(=O)[C@H]1CCCC[C@H]1C(=O)OCC.CC[O-].O=C1OC(=O)[C@@H]2CCCC[C@H]12.[Na+]. The number of carbonyl (C=O) groups is 6. The largest absolute Gasteiger partial charge is 1.00 e. The van der Waals surface area contributed by atoms with Crippen LogP contribution in [0, 0.1) is 35.5 Å². The molecular weight excluding hydrogens is 703 g/mol. The van der Waals surface area contributed by atoms with Gasteiger partial charge in [-0.15, -0.1) is 6.61 Å². The predicted molar refractivity (Wildman–Crippen MR) is 190 cm³/mol. The third-order valence-electron chi connectivity index (χ3n) is 8.46. The Labute approximate surface area is 339 Å². The van der Waals surface area contributed by atoms with Gasteiger partial charge in [0.05, 0.1) is 61.9 Å². The molecule has 0 aromatic rings. The number of aliphatic hydroxyl groups is 2. The Kier molecular flexibility index (Phi) is 37.1. The molecule has 0 bridgehead atoms. The quantitative estimate of drug-likeness (QED) is 0.153. The van der Waals surface area contributed by atoms with Crippen molar-refractivity contribution in [2.24, 2.45) is 35.5 Å². The van der Waals surface area contributed by atoms with Crippen molar-refractivity contribution in [3.8, 4) is 0 Å². The van der Waals surface area contributed by atoms with Crippen LogP contribution in [0.5, 0.6) is 0 Å². The normalized spacial score (nSPS) is 23.7. The summed E-state index contributed by atoms with van der Waals surface area (Å²) in [5.41, 5.74) is 0. The van der Waals surface area contributed by atoms with Crippen LogP contribution in [-0.2, 0) is 52.5 Å². The molecule has 0 aromatic carbocycles.